The van der Waals surface area contributed by atoms with Crippen LogP contribution in [0.3, 0.4) is 0 Å². The van der Waals surface area contributed by atoms with Crippen LogP contribution >= 0.6 is 0 Å². The second kappa shape index (κ2) is 17.9. The van der Waals surface area contributed by atoms with E-state index in [4.69, 9.17) is 10.2 Å². The number of hydrogen-bond acceptors (Lipinski definition) is 3. The van der Waals surface area contributed by atoms with Gasteiger partial charge >= 0.3 is 5.97 Å². The zero-order valence-corrected chi connectivity index (χ0v) is 16.3. The van der Waals surface area contributed by atoms with Crippen molar-refractivity contribution in [2.45, 2.75) is 122 Å². The Hall–Kier alpha value is -0.900. The molecule has 0 heterocycles. The Balaban J connectivity index is 3.19. The smallest absolute Gasteiger partial charge is 0.332 e. The Morgan fingerprint density at radius 3 is 1.40 bits per heavy atom. The topological polar surface area (TPSA) is 74.6 Å². The molecular formula is C21H40O4. The Bertz CT molecular complexity index is 328. The molecular weight excluding hydrogens is 316 g/mol. The fourth-order valence-corrected chi connectivity index (χ4v) is 3.10. The maximum atomic E-state index is 11.5. The van der Waals surface area contributed by atoms with Gasteiger partial charge in [0.15, 0.2) is 6.10 Å². The van der Waals surface area contributed by atoms with E-state index in [0.29, 0.717) is 6.42 Å². The molecule has 2 N–H and O–H groups in total. The molecule has 1 atom stereocenters. The van der Waals surface area contributed by atoms with Crippen LogP contribution < -0.4 is 0 Å². The fourth-order valence-electron chi connectivity index (χ4n) is 3.10. The molecule has 0 saturated heterocycles. The number of carbonyl (C=O) groups is 2. The van der Waals surface area contributed by atoms with E-state index in [2.05, 4.69) is 6.92 Å². The quantitative estimate of drug-likeness (QED) is 0.293. The Morgan fingerprint density at radius 1 is 0.680 bits per heavy atom. The second-order valence-corrected chi connectivity index (χ2v) is 7.30. The summed E-state index contributed by atoms with van der Waals surface area (Å²) in [5.41, 5.74) is 0. The summed E-state index contributed by atoms with van der Waals surface area (Å²) in [6.07, 6.45) is 17.8. The number of unbranched alkanes of at least 4 members (excludes halogenated alkanes) is 14. The largest absolute Gasteiger partial charge is 0.479 e. The van der Waals surface area contributed by atoms with Gasteiger partial charge in [0.25, 0.3) is 0 Å². The van der Waals surface area contributed by atoms with Crippen LogP contribution in [0.5, 0.6) is 0 Å². The van der Waals surface area contributed by atoms with E-state index in [1.807, 2.05) is 0 Å². The molecule has 0 spiro atoms. The maximum absolute atomic E-state index is 11.5. The Labute approximate surface area is 154 Å². The van der Waals surface area contributed by atoms with Crippen LogP contribution in [-0.4, -0.2) is 28.1 Å². The average molecular weight is 357 g/mol. The van der Waals surface area contributed by atoms with Crippen LogP contribution in [0.1, 0.15) is 116 Å². The lowest BCUT2D eigenvalue weighted by molar-refractivity contribution is -0.148. The molecule has 148 valence electrons. The van der Waals surface area contributed by atoms with E-state index in [1.165, 1.54) is 77.0 Å². The summed E-state index contributed by atoms with van der Waals surface area (Å²) in [5.74, 6) is -1.46. The van der Waals surface area contributed by atoms with E-state index in [9.17, 15) is 9.59 Å². The van der Waals surface area contributed by atoms with Crippen molar-refractivity contribution in [1.82, 2.24) is 0 Å². The predicted octanol–water partition coefficient (Wildman–Crippen LogP) is 5.65. The normalized spacial score (nSPS) is 12.2. The second-order valence-electron chi connectivity index (χ2n) is 7.30. The van der Waals surface area contributed by atoms with Crippen LogP contribution in [0.2, 0.25) is 0 Å². The summed E-state index contributed by atoms with van der Waals surface area (Å²) in [7, 11) is 0. The number of hydrogen-bond donors (Lipinski definition) is 2. The SMILES string of the molecule is CCCCCCCCCCCCCCCCCC(=O)CC(O)C(=O)O. The first-order chi connectivity index (χ1) is 12.1. The van der Waals surface area contributed by atoms with Gasteiger partial charge in [-0.05, 0) is 6.42 Å². The minimum Gasteiger partial charge on any atom is -0.479 e. The van der Waals surface area contributed by atoms with E-state index < -0.39 is 12.1 Å². The van der Waals surface area contributed by atoms with Gasteiger partial charge in [0, 0.05) is 12.8 Å². The van der Waals surface area contributed by atoms with Gasteiger partial charge in [0.2, 0.25) is 0 Å². The third-order valence-corrected chi connectivity index (χ3v) is 4.77. The van der Waals surface area contributed by atoms with Crippen molar-refractivity contribution < 1.29 is 19.8 Å². The summed E-state index contributed by atoms with van der Waals surface area (Å²) in [6.45, 7) is 2.26. The monoisotopic (exact) mass is 356 g/mol. The van der Waals surface area contributed by atoms with Crippen molar-refractivity contribution in [3.63, 3.8) is 0 Å². The lowest BCUT2D eigenvalue weighted by atomic mass is 10.0. The van der Waals surface area contributed by atoms with Crippen LogP contribution in [0.15, 0.2) is 0 Å². The zero-order valence-electron chi connectivity index (χ0n) is 16.3. The van der Waals surface area contributed by atoms with Crippen molar-refractivity contribution in [1.29, 1.82) is 0 Å². The Kier molecular flexibility index (Phi) is 17.3. The molecule has 0 saturated carbocycles. The number of carbonyl (C=O) groups excluding carboxylic acids is 1. The zero-order chi connectivity index (χ0) is 18.8. The third kappa shape index (κ3) is 17.7. The number of ketones is 1. The molecule has 0 aromatic rings. The lowest BCUT2D eigenvalue weighted by Crippen LogP contribution is -2.22. The average Bonchev–Trinajstić information content (AvgIpc) is 2.58. The van der Waals surface area contributed by atoms with Gasteiger partial charge in [-0.2, -0.15) is 0 Å². The number of rotatable bonds is 19. The minimum absolute atomic E-state index is 0.149. The standard InChI is InChI=1S/C21H40O4/c1-2-3-4-5-6-7-8-9-10-11-12-13-14-15-16-17-19(22)18-20(23)21(24)25/h20,23H,2-18H2,1H3,(H,24,25). The van der Waals surface area contributed by atoms with Crippen molar-refractivity contribution in [3.05, 3.63) is 0 Å². The molecule has 0 aliphatic carbocycles. The first-order valence-electron chi connectivity index (χ1n) is 10.5. The van der Waals surface area contributed by atoms with Crippen molar-refractivity contribution in [3.8, 4) is 0 Å². The fraction of sp³-hybridized carbons (Fsp3) is 0.905. The number of aliphatic hydroxyl groups is 1. The molecule has 0 bridgehead atoms. The molecule has 1 unspecified atom stereocenters. The van der Waals surface area contributed by atoms with Crippen molar-refractivity contribution in [2.75, 3.05) is 0 Å². The highest BCUT2D eigenvalue weighted by Gasteiger charge is 2.16. The van der Waals surface area contributed by atoms with Gasteiger partial charge < -0.3 is 10.2 Å². The van der Waals surface area contributed by atoms with Crippen LogP contribution in [0.4, 0.5) is 0 Å². The molecule has 0 rings (SSSR count). The molecule has 0 amide bonds. The molecule has 0 fully saturated rings. The van der Waals surface area contributed by atoms with Gasteiger partial charge in [0.05, 0.1) is 0 Å². The van der Waals surface area contributed by atoms with Gasteiger partial charge in [-0.15, -0.1) is 0 Å². The number of Topliss-reactive ketones (excluding diaryl/α,β-unsaturated/α-hetero) is 1. The van der Waals surface area contributed by atoms with E-state index in [-0.39, 0.29) is 12.2 Å². The number of carboxylic acids is 1. The highest BCUT2D eigenvalue weighted by molar-refractivity contribution is 5.84. The summed E-state index contributed by atoms with van der Waals surface area (Å²) in [6, 6.07) is 0. The van der Waals surface area contributed by atoms with E-state index in [0.717, 1.165) is 19.3 Å². The molecule has 0 aliphatic heterocycles. The van der Waals surface area contributed by atoms with E-state index in [1.54, 1.807) is 0 Å². The maximum Gasteiger partial charge on any atom is 0.332 e. The molecule has 25 heavy (non-hydrogen) atoms. The van der Waals surface area contributed by atoms with Crippen LogP contribution in [0, 0.1) is 0 Å². The number of aliphatic carboxylic acids is 1. The van der Waals surface area contributed by atoms with Crippen molar-refractivity contribution >= 4 is 11.8 Å². The third-order valence-electron chi connectivity index (χ3n) is 4.77. The molecule has 4 heteroatoms. The summed E-state index contributed by atoms with van der Waals surface area (Å²) < 4.78 is 0. The summed E-state index contributed by atoms with van der Waals surface area (Å²) in [4.78, 5) is 21.9. The van der Waals surface area contributed by atoms with Crippen molar-refractivity contribution in [2.24, 2.45) is 0 Å². The Morgan fingerprint density at radius 2 is 1.04 bits per heavy atom. The summed E-state index contributed by atoms with van der Waals surface area (Å²) >= 11 is 0. The number of aliphatic hydroxyl groups excluding tert-OH is 1. The van der Waals surface area contributed by atoms with Gasteiger partial charge in [-0.25, -0.2) is 4.79 Å². The number of carboxylic acid groups (broad SMARTS) is 1. The summed E-state index contributed by atoms with van der Waals surface area (Å²) in [5, 5.41) is 17.6. The highest BCUT2D eigenvalue weighted by atomic mass is 16.4. The molecule has 0 aromatic carbocycles. The first-order valence-corrected chi connectivity index (χ1v) is 10.5. The minimum atomic E-state index is -1.54. The first kappa shape index (κ1) is 24.1. The molecule has 0 aliphatic rings. The van der Waals surface area contributed by atoms with Gasteiger partial charge in [-0.1, -0.05) is 96.8 Å². The molecule has 0 aromatic heterocycles. The van der Waals surface area contributed by atoms with E-state index >= 15 is 0 Å². The van der Waals surface area contributed by atoms with Gasteiger partial charge in [-0.3, -0.25) is 4.79 Å². The highest BCUT2D eigenvalue weighted by Crippen LogP contribution is 2.14. The predicted molar refractivity (Wildman–Crippen MR) is 103 cm³/mol. The molecule has 4 nitrogen and oxygen atoms in total. The molecule has 0 radical (unpaired) electrons. The van der Waals surface area contributed by atoms with Crippen LogP contribution in [0.25, 0.3) is 0 Å². The van der Waals surface area contributed by atoms with Gasteiger partial charge in [0.1, 0.15) is 5.78 Å². The lowest BCUT2D eigenvalue weighted by Gasteiger charge is -2.05. The van der Waals surface area contributed by atoms with Crippen LogP contribution in [-0.2, 0) is 9.59 Å².